The highest BCUT2D eigenvalue weighted by molar-refractivity contribution is 5.83. The van der Waals surface area contributed by atoms with Gasteiger partial charge in [0.2, 0.25) is 5.91 Å². The number of hydrogen-bond acceptors (Lipinski definition) is 4. The van der Waals surface area contributed by atoms with Gasteiger partial charge in [-0.2, -0.15) is 0 Å². The van der Waals surface area contributed by atoms with Crippen molar-refractivity contribution in [3.05, 3.63) is 0 Å². The Bertz CT molecular complexity index is 315. The second-order valence-corrected chi connectivity index (χ2v) is 4.82. The zero-order valence-electron chi connectivity index (χ0n) is 10.4. The van der Waals surface area contributed by atoms with Gasteiger partial charge in [0.25, 0.3) is 0 Å². The second-order valence-electron chi connectivity index (χ2n) is 4.82. The fourth-order valence-electron chi connectivity index (χ4n) is 2.70. The van der Waals surface area contributed by atoms with E-state index >= 15 is 0 Å². The van der Waals surface area contributed by atoms with E-state index in [4.69, 9.17) is 4.74 Å². The molecule has 0 aromatic rings. The highest BCUT2D eigenvalue weighted by atomic mass is 16.5. The molecular weight excluding hydrogens is 220 g/mol. The Balaban J connectivity index is 2.11. The maximum absolute atomic E-state index is 11.8. The van der Waals surface area contributed by atoms with E-state index in [0.29, 0.717) is 5.92 Å². The smallest absolute Gasteiger partial charge is 0.323 e. The molecular formula is C12H20N2O3. The fraction of sp³-hybridized carbons (Fsp3) is 0.833. The van der Waals surface area contributed by atoms with Gasteiger partial charge in [-0.3, -0.25) is 14.5 Å². The van der Waals surface area contributed by atoms with Crippen molar-refractivity contribution in [2.45, 2.75) is 37.8 Å². The van der Waals surface area contributed by atoms with Crippen LogP contribution in [0.4, 0.5) is 0 Å². The normalized spacial score (nSPS) is 26.6. The SMILES string of the molecule is CNC(=O)C1CCCN1C(C(=O)OC)C1CC1. The van der Waals surface area contributed by atoms with Crippen molar-refractivity contribution in [3.63, 3.8) is 0 Å². The number of esters is 1. The third kappa shape index (κ3) is 2.44. The number of ether oxygens (including phenoxy) is 1. The minimum Gasteiger partial charge on any atom is -0.468 e. The summed E-state index contributed by atoms with van der Waals surface area (Å²) in [5.74, 6) is 0.202. The molecule has 0 spiro atoms. The second kappa shape index (κ2) is 5.04. The van der Waals surface area contributed by atoms with Crippen molar-refractivity contribution < 1.29 is 14.3 Å². The van der Waals surface area contributed by atoms with E-state index in [2.05, 4.69) is 5.32 Å². The number of methoxy groups -OCH3 is 1. The van der Waals surface area contributed by atoms with Crippen LogP contribution in [-0.4, -0.2) is 49.6 Å². The predicted octanol–water partition coefficient (Wildman–Crippen LogP) is 0.148. The lowest BCUT2D eigenvalue weighted by Gasteiger charge is -2.30. The largest absolute Gasteiger partial charge is 0.468 e. The van der Waals surface area contributed by atoms with E-state index in [1.807, 2.05) is 4.90 Å². The van der Waals surface area contributed by atoms with Crippen LogP contribution in [0.2, 0.25) is 0 Å². The van der Waals surface area contributed by atoms with E-state index in [9.17, 15) is 9.59 Å². The van der Waals surface area contributed by atoms with Crippen LogP contribution < -0.4 is 5.32 Å². The summed E-state index contributed by atoms with van der Waals surface area (Å²) in [5, 5.41) is 2.68. The van der Waals surface area contributed by atoms with Crippen molar-refractivity contribution in [3.8, 4) is 0 Å². The van der Waals surface area contributed by atoms with Crippen LogP contribution in [0.15, 0.2) is 0 Å². The van der Waals surface area contributed by atoms with Gasteiger partial charge >= 0.3 is 5.97 Å². The van der Waals surface area contributed by atoms with Crippen LogP contribution in [0.1, 0.15) is 25.7 Å². The number of rotatable bonds is 4. The first-order valence-corrected chi connectivity index (χ1v) is 6.24. The van der Waals surface area contributed by atoms with E-state index in [1.165, 1.54) is 7.11 Å². The zero-order chi connectivity index (χ0) is 12.4. The van der Waals surface area contributed by atoms with Crippen LogP contribution in [0.25, 0.3) is 0 Å². The molecule has 2 aliphatic rings. The summed E-state index contributed by atoms with van der Waals surface area (Å²) in [5.41, 5.74) is 0. The number of nitrogens with one attached hydrogen (secondary N) is 1. The molecule has 0 radical (unpaired) electrons. The third-order valence-electron chi connectivity index (χ3n) is 3.71. The molecule has 1 aliphatic carbocycles. The lowest BCUT2D eigenvalue weighted by atomic mass is 10.1. The van der Waals surface area contributed by atoms with Gasteiger partial charge in [-0.15, -0.1) is 0 Å². The monoisotopic (exact) mass is 240 g/mol. The maximum atomic E-state index is 11.8. The minimum atomic E-state index is -0.218. The molecule has 17 heavy (non-hydrogen) atoms. The van der Waals surface area contributed by atoms with E-state index in [0.717, 1.165) is 32.2 Å². The Morgan fingerprint density at radius 3 is 2.59 bits per heavy atom. The van der Waals surface area contributed by atoms with Gasteiger partial charge < -0.3 is 10.1 Å². The van der Waals surface area contributed by atoms with Crippen molar-refractivity contribution >= 4 is 11.9 Å². The molecule has 1 saturated carbocycles. The van der Waals surface area contributed by atoms with Gasteiger partial charge in [-0.05, 0) is 38.1 Å². The van der Waals surface area contributed by atoms with Crippen LogP contribution >= 0.6 is 0 Å². The summed E-state index contributed by atoms with van der Waals surface area (Å²) < 4.78 is 4.88. The van der Waals surface area contributed by atoms with E-state index < -0.39 is 0 Å². The Morgan fingerprint density at radius 2 is 2.06 bits per heavy atom. The summed E-state index contributed by atoms with van der Waals surface area (Å²) >= 11 is 0. The minimum absolute atomic E-state index is 0.0112. The van der Waals surface area contributed by atoms with Crippen LogP contribution in [0.5, 0.6) is 0 Å². The average Bonchev–Trinajstić information content (AvgIpc) is 3.06. The van der Waals surface area contributed by atoms with E-state index in [-0.39, 0.29) is 24.0 Å². The lowest BCUT2D eigenvalue weighted by molar-refractivity contribution is -0.149. The summed E-state index contributed by atoms with van der Waals surface area (Å²) in [7, 11) is 3.06. The van der Waals surface area contributed by atoms with Crippen molar-refractivity contribution in [1.29, 1.82) is 0 Å². The standard InChI is InChI=1S/C12H20N2O3/c1-13-11(15)9-4-3-7-14(9)10(8-5-6-8)12(16)17-2/h8-10H,3-7H2,1-2H3,(H,13,15). The Hall–Kier alpha value is -1.10. The van der Waals surface area contributed by atoms with Crippen molar-refractivity contribution in [2.75, 3.05) is 20.7 Å². The average molecular weight is 240 g/mol. The molecule has 1 N–H and O–H groups in total. The molecule has 1 heterocycles. The molecule has 1 saturated heterocycles. The molecule has 2 unspecified atom stereocenters. The topological polar surface area (TPSA) is 58.6 Å². The van der Waals surface area contributed by atoms with Crippen LogP contribution in [-0.2, 0) is 14.3 Å². The number of nitrogens with zero attached hydrogens (tertiary/aromatic N) is 1. The number of carbonyl (C=O) groups is 2. The Labute approximate surface area is 101 Å². The van der Waals surface area contributed by atoms with E-state index in [1.54, 1.807) is 7.05 Å². The molecule has 5 heteroatoms. The van der Waals surface area contributed by atoms with Crippen LogP contribution in [0, 0.1) is 5.92 Å². The molecule has 0 bridgehead atoms. The molecule has 0 aromatic heterocycles. The fourth-order valence-corrected chi connectivity index (χ4v) is 2.70. The van der Waals surface area contributed by atoms with Gasteiger partial charge in [-0.25, -0.2) is 0 Å². The van der Waals surface area contributed by atoms with Gasteiger partial charge in [-0.1, -0.05) is 0 Å². The molecule has 2 atom stereocenters. The molecule has 2 rings (SSSR count). The zero-order valence-corrected chi connectivity index (χ0v) is 10.4. The molecule has 1 amide bonds. The summed E-state index contributed by atoms with van der Waals surface area (Å²) in [6.07, 6.45) is 3.94. The number of amides is 1. The predicted molar refractivity (Wildman–Crippen MR) is 62.3 cm³/mol. The van der Waals surface area contributed by atoms with Gasteiger partial charge in [0, 0.05) is 7.05 Å². The highest BCUT2D eigenvalue weighted by Gasteiger charge is 2.46. The van der Waals surface area contributed by atoms with Gasteiger partial charge in [0.15, 0.2) is 0 Å². The summed E-state index contributed by atoms with van der Waals surface area (Å²) in [6.45, 7) is 0.814. The molecule has 1 aliphatic heterocycles. The number of likely N-dealkylation sites (N-methyl/N-ethyl adjacent to an activating group) is 1. The van der Waals surface area contributed by atoms with Gasteiger partial charge in [0.1, 0.15) is 6.04 Å². The first-order chi connectivity index (χ1) is 8.19. The lowest BCUT2D eigenvalue weighted by Crippen LogP contribution is -2.51. The first kappa shape index (κ1) is 12.4. The molecule has 0 aromatic carbocycles. The molecule has 5 nitrogen and oxygen atoms in total. The maximum Gasteiger partial charge on any atom is 0.323 e. The third-order valence-corrected chi connectivity index (χ3v) is 3.71. The quantitative estimate of drug-likeness (QED) is 0.711. The summed E-state index contributed by atoms with van der Waals surface area (Å²) in [6, 6.07) is -0.380. The number of likely N-dealkylation sites (tertiary alicyclic amines) is 1. The molecule has 2 fully saturated rings. The van der Waals surface area contributed by atoms with Crippen molar-refractivity contribution in [2.24, 2.45) is 5.92 Å². The number of hydrogen-bond donors (Lipinski definition) is 1. The van der Waals surface area contributed by atoms with Gasteiger partial charge in [0.05, 0.1) is 13.2 Å². The Kier molecular flexibility index (Phi) is 3.66. The number of carbonyl (C=O) groups excluding carboxylic acids is 2. The van der Waals surface area contributed by atoms with Crippen LogP contribution in [0.3, 0.4) is 0 Å². The first-order valence-electron chi connectivity index (χ1n) is 6.24. The summed E-state index contributed by atoms with van der Waals surface area (Å²) in [4.78, 5) is 25.6. The molecule has 96 valence electrons. The Morgan fingerprint density at radius 1 is 1.35 bits per heavy atom. The highest BCUT2D eigenvalue weighted by Crippen LogP contribution is 2.38. The van der Waals surface area contributed by atoms with Crippen molar-refractivity contribution in [1.82, 2.24) is 10.2 Å².